The number of hydrogen-bond acceptors (Lipinski definition) is 5. The van der Waals surface area contributed by atoms with E-state index in [-0.39, 0.29) is 0 Å². The van der Waals surface area contributed by atoms with Crippen molar-refractivity contribution < 1.29 is 0 Å². The van der Waals surface area contributed by atoms with Crippen LogP contribution in [0.4, 0.5) is 0 Å². The van der Waals surface area contributed by atoms with Crippen LogP contribution in [0.3, 0.4) is 0 Å². The van der Waals surface area contributed by atoms with E-state index in [9.17, 15) is 0 Å². The molecule has 1 aliphatic rings. The molecule has 1 heterocycles. The van der Waals surface area contributed by atoms with Gasteiger partial charge in [0.1, 0.15) is 0 Å². The van der Waals surface area contributed by atoms with Crippen LogP contribution in [-0.4, -0.2) is 38.0 Å². The van der Waals surface area contributed by atoms with Gasteiger partial charge >= 0.3 is 0 Å². The minimum atomic E-state index is 0.489. The largest absolute Gasteiger partial charge is 0.313 e. The molecular weight excluding hydrogens is 234 g/mol. The van der Waals surface area contributed by atoms with Crippen molar-refractivity contribution in [3.05, 3.63) is 0 Å². The van der Waals surface area contributed by atoms with Crippen molar-refractivity contribution in [1.29, 1.82) is 0 Å². The number of nitrogens with zero attached hydrogens (tertiary/aromatic N) is 4. The van der Waals surface area contributed by atoms with Crippen LogP contribution in [0.15, 0.2) is 5.16 Å². The summed E-state index contributed by atoms with van der Waals surface area (Å²) in [5, 5.41) is 17.0. The first-order chi connectivity index (χ1) is 8.26. The molecule has 0 bridgehead atoms. The Morgan fingerprint density at radius 2 is 2.24 bits per heavy atom. The van der Waals surface area contributed by atoms with Crippen molar-refractivity contribution in [2.45, 2.75) is 62.5 Å². The molecule has 2 atom stereocenters. The molecular formula is C11H21N5S. The lowest BCUT2D eigenvalue weighted by Crippen LogP contribution is -2.36. The highest BCUT2D eigenvalue weighted by Crippen LogP contribution is 2.37. The quantitative estimate of drug-likeness (QED) is 0.754. The molecule has 5 nitrogen and oxygen atoms in total. The van der Waals surface area contributed by atoms with Gasteiger partial charge in [-0.15, -0.1) is 5.10 Å². The van der Waals surface area contributed by atoms with Gasteiger partial charge in [-0.05, 0) is 36.2 Å². The summed E-state index contributed by atoms with van der Waals surface area (Å²) in [6, 6.07) is 1.08. The summed E-state index contributed by atoms with van der Waals surface area (Å²) >= 11 is 1.78. The van der Waals surface area contributed by atoms with E-state index in [1.807, 2.05) is 4.68 Å². The second-order valence-electron chi connectivity index (χ2n) is 4.53. The minimum absolute atomic E-state index is 0.489. The molecule has 1 N–H and O–H groups in total. The summed E-state index contributed by atoms with van der Waals surface area (Å²) in [5.41, 5.74) is 0. The van der Waals surface area contributed by atoms with E-state index in [4.69, 9.17) is 0 Å². The van der Waals surface area contributed by atoms with E-state index in [1.54, 1.807) is 11.8 Å². The third kappa shape index (κ3) is 3.19. The van der Waals surface area contributed by atoms with Gasteiger partial charge in [-0.2, -0.15) is 0 Å². The zero-order valence-corrected chi connectivity index (χ0v) is 11.6. The third-order valence-corrected chi connectivity index (χ3v) is 4.30. The number of aromatic nitrogens is 4. The molecule has 2 rings (SSSR count). The highest BCUT2D eigenvalue weighted by Gasteiger charge is 2.29. The highest BCUT2D eigenvalue weighted by molar-refractivity contribution is 7.99. The molecule has 1 aromatic heterocycles. The van der Waals surface area contributed by atoms with E-state index in [2.05, 4.69) is 41.6 Å². The first-order valence-electron chi connectivity index (χ1n) is 6.44. The Bertz CT molecular complexity index is 349. The second kappa shape index (κ2) is 5.82. The molecule has 1 aliphatic carbocycles. The minimum Gasteiger partial charge on any atom is -0.313 e. The van der Waals surface area contributed by atoms with E-state index in [0.717, 1.165) is 18.1 Å². The molecule has 0 aromatic carbocycles. The Hall–Kier alpha value is -0.620. The van der Waals surface area contributed by atoms with Crippen LogP contribution < -0.4 is 5.32 Å². The van der Waals surface area contributed by atoms with Crippen LogP contribution in [-0.2, 0) is 0 Å². The number of nitrogens with one attached hydrogen (secondary N) is 1. The Morgan fingerprint density at radius 3 is 2.82 bits per heavy atom. The maximum absolute atomic E-state index is 4.13. The fourth-order valence-electron chi connectivity index (χ4n) is 1.96. The molecule has 1 aromatic rings. The Labute approximate surface area is 107 Å². The van der Waals surface area contributed by atoms with Crippen molar-refractivity contribution in [3.8, 4) is 0 Å². The fraction of sp³-hybridized carbons (Fsp3) is 0.909. The summed E-state index contributed by atoms with van der Waals surface area (Å²) in [5.74, 6) is 0. The third-order valence-electron chi connectivity index (χ3n) is 3.12. The first kappa shape index (κ1) is 12.8. The van der Waals surface area contributed by atoms with Crippen LogP contribution in [0.5, 0.6) is 0 Å². The summed E-state index contributed by atoms with van der Waals surface area (Å²) in [6.45, 7) is 7.62. The van der Waals surface area contributed by atoms with Gasteiger partial charge < -0.3 is 5.32 Å². The predicted octanol–water partition coefficient (Wildman–Crippen LogP) is 1.88. The summed E-state index contributed by atoms with van der Waals surface area (Å²) < 4.78 is 1.99. The standard InChI is InChI=1S/C11H21N5S/c1-4-10(12-5-2)8(3)17-11-13-14-15-16(11)9-6-7-9/h8-10,12H,4-7H2,1-3H3. The zero-order valence-electron chi connectivity index (χ0n) is 10.8. The van der Waals surface area contributed by atoms with Gasteiger partial charge in [-0.1, -0.05) is 32.5 Å². The molecule has 2 unspecified atom stereocenters. The zero-order chi connectivity index (χ0) is 12.3. The van der Waals surface area contributed by atoms with Gasteiger partial charge in [-0.25, -0.2) is 4.68 Å². The van der Waals surface area contributed by atoms with Crippen molar-refractivity contribution in [2.75, 3.05) is 6.54 Å². The van der Waals surface area contributed by atoms with E-state index >= 15 is 0 Å². The van der Waals surface area contributed by atoms with Crippen molar-refractivity contribution in [1.82, 2.24) is 25.5 Å². The topological polar surface area (TPSA) is 55.6 Å². The summed E-state index contributed by atoms with van der Waals surface area (Å²) in [4.78, 5) is 0. The van der Waals surface area contributed by atoms with E-state index in [1.165, 1.54) is 12.8 Å². The number of rotatable bonds is 7. The smallest absolute Gasteiger partial charge is 0.209 e. The Morgan fingerprint density at radius 1 is 1.47 bits per heavy atom. The van der Waals surface area contributed by atoms with Crippen LogP contribution in [0.2, 0.25) is 0 Å². The molecule has 0 aliphatic heterocycles. The average Bonchev–Trinajstić information content (AvgIpc) is 3.07. The van der Waals surface area contributed by atoms with Crippen LogP contribution in [0.25, 0.3) is 0 Å². The predicted molar refractivity (Wildman–Crippen MR) is 69.2 cm³/mol. The van der Waals surface area contributed by atoms with Gasteiger partial charge in [0.2, 0.25) is 5.16 Å². The average molecular weight is 255 g/mol. The lowest BCUT2D eigenvalue weighted by atomic mass is 10.2. The summed E-state index contributed by atoms with van der Waals surface area (Å²) in [7, 11) is 0. The molecule has 1 fully saturated rings. The normalized spacial score (nSPS) is 19.2. The molecule has 0 amide bonds. The van der Waals surface area contributed by atoms with Crippen molar-refractivity contribution in [3.63, 3.8) is 0 Å². The molecule has 0 saturated heterocycles. The molecule has 6 heteroatoms. The Balaban J connectivity index is 1.96. The highest BCUT2D eigenvalue weighted by atomic mass is 32.2. The number of hydrogen-bond donors (Lipinski definition) is 1. The lowest BCUT2D eigenvalue weighted by Gasteiger charge is -2.22. The van der Waals surface area contributed by atoms with Gasteiger partial charge in [0.15, 0.2) is 0 Å². The maximum atomic E-state index is 4.13. The van der Waals surface area contributed by atoms with Crippen molar-refractivity contribution in [2.24, 2.45) is 0 Å². The van der Waals surface area contributed by atoms with Crippen molar-refractivity contribution >= 4 is 11.8 Å². The molecule has 0 spiro atoms. The van der Waals surface area contributed by atoms with Crippen LogP contribution in [0.1, 0.15) is 46.1 Å². The molecule has 17 heavy (non-hydrogen) atoms. The fourth-order valence-corrected chi connectivity index (χ4v) is 3.13. The van der Waals surface area contributed by atoms with E-state index in [0.29, 0.717) is 17.3 Å². The molecule has 1 saturated carbocycles. The number of tetrazole rings is 1. The molecule has 0 radical (unpaired) electrons. The van der Waals surface area contributed by atoms with Crippen LogP contribution in [0, 0.1) is 0 Å². The Kier molecular flexibility index (Phi) is 4.39. The monoisotopic (exact) mass is 255 g/mol. The number of thioether (sulfide) groups is 1. The van der Waals surface area contributed by atoms with Crippen LogP contribution >= 0.6 is 11.8 Å². The lowest BCUT2D eigenvalue weighted by molar-refractivity contribution is 0.505. The summed E-state index contributed by atoms with van der Waals surface area (Å²) in [6.07, 6.45) is 3.57. The van der Waals surface area contributed by atoms with Gasteiger partial charge in [-0.3, -0.25) is 0 Å². The maximum Gasteiger partial charge on any atom is 0.209 e. The second-order valence-corrected chi connectivity index (χ2v) is 5.88. The van der Waals surface area contributed by atoms with Gasteiger partial charge in [0, 0.05) is 11.3 Å². The van der Waals surface area contributed by atoms with Gasteiger partial charge in [0.25, 0.3) is 0 Å². The van der Waals surface area contributed by atoms with Gasteiger partial charge in [0.05, 0.1) is 6.04 Å². The van der Waals surface area contributed by atoms with E-state index < -0.39 is 0 Å². The SMILES string of the molecule is CCNC(CC)C(C)Sc1nnnn1C1CC1. The molecule has 96 valence electrons. The first-order valence-corrected chi connectivity index (χ1v) is 7.32.